The molecule has 2 aromatic rings. The molecule has 1 saturated heterocycles. The van der Waals surface area contributed by atoms with Gasteiger partial charge < -0.3 is 10.6 Å². The number of carbonyl (C=O) groups is 3. The molecule has 4 amide bonds. The highest BCUT2D eigenvalue weighted by Crippen LogP contribution is 2.28. The van der Waals surface area contributed by atoms with Crippen LogP contribution in [0.25, 0.3) is 0 Å². The number of urea groups is 1. The smallest absolute Gasteiger partial charge is 0.325 e. The summed E-state index contributed by atoms with van der Waals surface area (Å²) in [6, 6.07) is 16.6. The Hall–Kier alpha value is -3.15. The number of hydrogen-bond acceptors (Lipinski definition) is 3. The van der Waals surface area contributed by atoms with Crippen LogP contribution in [0.2, 0.25) is 0 Å². The number of amides is 4. The third-order valence-electron chi connectivity index (χ3n) is 4.78. The minimum atomic E-state index is -1.16. The van der Waals surface area contributed by atoms with Crippen molar-refractivity contribution in [2.45, 2.75) is 25.8 Å². The molecule has 3 rings (SSSR count). The fourth-order valence-corrected chi connectivity index (χ4v) is 3.11. The first-order valence-electron chi connectivity index (χ1n) is 8.92. The molecule has 6 heteroatoms. The summed E-state index contributed by atoms with van der Waals surface area (Å²) >= 11 is 0. The minimum absolute atomic E-state index is 0.291. The molecule has 1 atom stereocenters. The van der Waals surface area contributed by atoms with Crippen molar-refractivity contribution in [3.05, 3.63) is 71.3 Å². The van der Waals surface area contributed by atoms with E-state index in [1.165, 1.54) is 0 Å². The van der Waals surface area contributed by atoms with E-state index in [2.05, 4.69) is 10.6 Å². The molecule has 0 saturated carbocycles. The van der Waals surface area contributed by atoms with Crippen molar-refractivity contribution in [1.29, 1.82) is 0 Å². The molecule has 0 spiro atoms. The lowest BCUT2D eigenvalue weighted by molar-refractivity contribution is -0.134. The zero-order valence-electron chi connectivity index (χ0n) is 15.5. The predicted octanol–water partition coefficient (Wildman–Crippen LogP) is 2.12. The summed E-state index contributed by atoms with van der Waals surface area (Å²) in [7, 11) is 0. The molecule has 1 aliphatic rings. The van der Waals surface area contributed by atoms with Gasteiger partial charge in [-0.05, 0) is 31.4 Å². The lowest BCUT2D eigenvalue weighted by Crippen LogP contribution is -2.43. The van der Waals surface area contributed by atoms with Crippen LogP contribution in [0.4, 0.5) is 4.79 Å². The van der Waals surface area contributed by atoms with Crippen LogP contribution in [-0.4, -0.2) is 35.8 Å². The lowest BCUT2D eigenvalue weighted by atomic mass is 9.91. The number of imide groups is 1. The fourth-order valence-electron chi connectivity index (χ4n) is 3.11. The number of nitrogens with zero attached hydrogens (tertiary/aromatic N) is 1. The van der Waals surface area contributed by atoms with Crippen LogP contribution in [0.5, 0.6) is 0 Å². The Bertz CT molecular complexity index is 849. The molecule has 1 fully saturated rings. The predicted molar refractivity (Wildman–Crippen MR) is 102 cm³/mol. The van der Waals surface area contributed by atoms with E-state index in [0.29, 0.717) is 18.5 Å². The summed E-state index contributed by atoms with van der Waals surface area (Å²) in [5, 5.41) is 5.47. The van der Waals surface area contributed by atoms with Gasteiger partial charge in [0.25, 0.3) is 5.91 Å². The van der Waals surface area contributed by atoms with Gasteiger partial charge in [0.05, 0.1) is 0 Å². The highest BCUT2D eigenvalue weighted by Gasteiger charge is 2.49. The minimum Gasteiger partial charge on any atom is -0.354 e. The summed E-state index contributed by atoms with van der Waals surface area (Å²) in [5.74, 6) is -0.780. The zero-order chi connectivity index (χ0) is 19.4. The molecule has 140 valence electrons. The fraction of sp³-hybridized carbons (Fsp3) is 0.286. The van der Waals surface area contributed by atoms with E-state index in [1.54, 1.807) is 6.92 Å². The van der Waals surface area contributed by atoms with Crippen molar-refractivity contribution in [1.82, 2.24) is 15.5 Å². The molecule has 0 aliphatic carbocycles. The standard InChI is InChI=1S/C21H23N3O3/c1-15-8-10-17(11-9-15)21(2)19(26)24(20(27)23-21)14-18(25)22-13-12-16-6-4-3-5-7-16/h3-11H,12-14H2,1-2H3,(H,22,25)(H,23,27). The Kier molecular flexibility index (Phi) is 5.26. The van der Waals surface area contributed by atoms with Gasteiger partial charge in [-0.1, -0.05) is 60.2 Å². The largest absolute Gasteiger partial charge is 0.354 e. The van der Waals surface area contributed by atoms with Gasteiger partial charge >= 0.3 is 6.03 Å². The van der Waals surface area contributed by atoms with Gasteiger partial charge in [-0.25, -0.2) is 4.79 Å². The summed E-state index contributed by atoms with van der Waals surface area (Å²) in [6.45, 7) is 3.76. The second-order valence-electron chi connectivity index (χ2n) is 6.90. The van der Waals surface area contributed by atoms with E-state index in [9.17, 15) is 14.4 Å². The Morgan fingerprint density at radius 1 is 1.07 bits per heavy atom. The molecule has 2 N–H and O–H groups in total. The molecule has 27 heavy (non-hydrogen) atoms. The second-order valence-corrected chi connectivity index (χ2v) is 6.90. The van der Waals surface area contributed by atoms with Crippen LogP contribution >= 0.6 is 0 Å². The van der Waals surface area contributed by atoms with Crippen molar-refractivity contribution >= 4 is 17.8 Å². The molecule has 2 aromatic carbocycles. The highest BCUT2D eigenvalue weighted by molar-refractivity contribution is 6.09. The lowest BCUT2D eigenvalue weighted by Gasteiger charge is -2.22. The summed E-state index contributed by atoms with van der Waals surface area (Å²) in [4.78, 5) is 38.3. The molecule has 0 aromatic heterocycles. The number of benzene rings is 2. The molecular formula is C21H23N3O3. The Balaban J connectivity index is 1.60. The normalized spacial score (nSPS) is 19.1. The average molecular weight is 365 g/mol. The second kappa shape index (κ2) is 7.61. The first-order chi connectivity index (χ1) is 12.9. The third-order valence-corrected chi connectivity index (χ3v) is 4.78. The van der Waals surface area contributed by atoms with Gasteiger partial charge in [0, 0.05) is 6.54 Å². The van der Waals surface area contributed by atoms with E-state index in [1.807, 2.05) is 61.5 Å². The van der Waals surface area contributed by atoms with Gasteiger partial charge in [-0.2, -0.15) is 0 Å². The van der Waals surface area contributed by atoms with Crippen molar-refractivity contribution in [2.24, 2.45) is 0 Å². The summed E-state index contributed by atoms with van der Waals surface area (Å²) in [6.07, 6.45) is 0.688. The van der Waals surface area contributed by atoms with Crippen LogP contribution in [-0.2, 0) is 21.5 Å². The first kappa shape index (κ1) is 18.6. The van der Waals surface area contributed by atoms with Crippen LogP contribution < -0.4 is 10.6 Å². The van der Waals surface area contributed by atoms with Gasteiger partial charge in [0.1, 0.15) is 12.1 Å². The molecule has 0 bridgehead atoms. The maximum atomic E-state index is 12.8. The van der Waals surface area contributed by atoms with E-state index in [0.717, 1.165) is 16.0 Å². The Labute approximate surface area is 158 Å². The van der Waals surface area contributed by atoms with Crippen LogP contribution in [0.3, 0.4) is 0 Å². The maximum absolute atomic E-state index is 12.8. The first-order valence-corrected chi connectivity index (χ1v) is 8.92. The molecule has 6 nitrogen and oxygen atoms in total. The Morgan fingerprint density at radius 2 is 1.74 bits per heavy atom. The molecule has 0 radical (unpaired) electrons. The van der Waals surface area contributed by atoms with E-state index in [-0.39, 0.29) is 12.5 Å². The van der Waals surface area contributed by atoms with Gasteiger partial charge in [0.15, 0.2) is 0 Å². The highest BCUT2D eigenvalue weighted by atomic mass is 16.2. The number of nitrogens with one attached hydrogen (secondary N) is 2. The SMILES string of the molecule is Cc1ccc(C2(C)NC(=O)N(CC(=O)NCCc3ccccc3)C2=O)cc1. The van der Waals surface area contributed by atoms with Crippen molar-refractivity contribution in [3.63, 3.8) is 0 Å². The number of rotatable bonds is 6. The van der Waals surface area contributed by atoms with Crippen LogP contribution in [0, 0.1) is 6.92 Å². The van der Waals surface area contributed by atoms with Gasteiger partial charge in [-0.3, -0.25) is 14.5 Å². The van der Waals surface area contributed by atoms with Crippen molar-refractivity contribution in [2.75, 3.05) is 13.1 Å². The third kappa shape index (κ3) is 4.00. The zero-order valence-corrected chi connectivity index (χ0v) is 15.5. The van der Waals surface area contributed by atoms with E-state index in [4.69, 9.17) is 0 Å². The number of carbonyl (C=O) groups excluding carboxylic acids is 3. The Morgan fingerprint density at radius 3 is 2.41 bits per heavy atom. The summed E-state index contributed by atoms with van der Waals surface area (Å²) in [5.41, 5.74) is 1.71. The maximum Gasteiger partial charge on any atom is 0.325 e. The summed E-state index contributed by atoms with van der Waals surface area (Å²) < 4.78 is 0. The number of aryl methyl sites for hydroxylation is 1. The van der Waals surface area contributed by atoms with Gasteiger partial charge in [0.2, 0.25) is 5.91 Å². The van der Waals surface area contributed by atoms with Crippen molar-refractivity contribution in [3.8, 4) is 0 Å². The van der Waals surface area contributed by atoms with Crippen LogP contribution in [0.1, 0.15) is 23.6 Å². The molecule has 1 aliphatic heterocycles. The average Bonchev–Trinajstić information content (AvgIpc) is 2.87. The van der Waals surface area contributed by atoms with E-state index >= 15 is 0 Å². The van der Waals surface area contributed by atoms with Gasteiger partial charge in [-0.15, -0.1) is 0 Å². The molecule has 1 unspecified atom stereocenters. The quantitative estimate of drug-likeness (QED) is 0.770. The topological polar surface area (TPSA) is 78.5 Å². The van der Waals surface area contributed by atoms with Crippen molar-refractivity contribution < 1.29 is 14.4 Å². The number of hydrogen-bond donors (Lipinski definition) is 2. The van der Waals surface area contributed by atoms with Crippen LogP contribution in [0.15, 0.2) is 54.6 Å². The van der Waals surface area contributed by atoms with E-state index < -0.39 is 17.5 Å². The molecular weight excluding hydrogens is 342 g/mol. The molecule has 1 heterocycles. The monoisotopic (exact) mass is 365 g/mol.